The van der Waals surface area contributed by atoms with E-state index in [1.807, 2.05) is 52.0 Å². The second-order valence-corrected chi connectivity index (χ2v) is 20.6. The molecule has 4 heteroatoms. The quantitative estimate of drug-likeness (QED) is 0.160. The van der Waals surface area contributed by atoms with Gasteiger partial charge in [0.25, 0.3) is 0 Å². The number of aryl methyl sites for hydroxylation is 8. The number of aromatic nitrogens is 2. The second-order valence-electron chi connectivity index (χ2n) is 20.6. The summed E-state index contributed by atoms with van der Waals surface area (Å²) in [6.45, 7) is 25.3. The predicted octanol–water partition coefficient (Wildman–Crippen LogP) is 20.5. The van der Waals surface area contributed by atoms with E-state index in [4.69, 9.17) is 0 Å². The van der Waals surface area contributed by atoms with Crippen LogP contribution in [0.2, 0.25) is 0 Å². The first-order valence-electron chi connectivity index (χ1n) is 27.4. The first kappa shape index (κ1) is 52.2. The Morgan fingerprint density at radius 1 is 0.269 bits per heavy atom. The second kappa shape index (κ2) is 21.4. The summed E-state index contributed by atoms with van der Waals surface area (Å²) in [5.74, 6) is 0. The van der Waals surface area contributed by atoms with Gasteiger partial charge in [-0.05, 0) is 206 Å². The maximum absolute atomic E-state index is 10.9. The third-order valence-corrected chi connectivity index (χ3v) is 15.4. The lowest BCUT2D eigenvalue weighted by Crippen LogP contribution is -2.00. The van der Waals surface area contributed by atoms with Crippen LogP contribution in [0.15, 0.2) is 182 Å². The van der Waals surface area contributed by atoms with Gasteiger partial charge < -0.3 is 9.13 Å². The van der Waals surface area contributed by atoms with E-state index in [0.29, 0.717) is 11.1 Å². The van der Waals surface area contributed by atoms with Gasteiger partial charge in [0.1, 0.15) is 12.1 Å². The summed E-state index contributed by atoms with van der Waals surface area (Å²) in [4.78, 5) is 0. The molecule has 0 bridgehead atoms. The third kappa shape index (κ3) is 9.25. The molecule has 0 unspecified atom stereocenters. The van der Waals surface area contributed by atoms with Gasteiger partial charge >= 0.3 is 0 Å². The number of fused-ring (bicyclic) bond motifs is 6. The molecular formula is C74H66N4. The Morgan fingerprint density at radius 2 is 0.513 bits per heavy atom. The van der Waals surface area contributed by atoms with Crippen molar-refractivity contribution in [2.24, 2.45) is 0 Å². The molecule has 12 rings (SSSR count). The van der Waals surface area contributed by atoms with Crippen LogP contribution in [0.4, 0.5) is 0 Å². The standard InChI is InChI=1S/C70H54N4.2C2H6/c1-41-9-21-57(45(5)29-41)51-17-25-65-61(33-51)62-34-52(58-22-10-42(2)30-46(58)6)18-26-66(62)73(65)69-37-49(13-15-55(69)39-71)50-14-16-56(40-72)70(38-50)74-67-27-19-53(59-23-11-43(3)31-47(59)7)35-63(67)64-36-54(20-28-68(64)74)60-24-12-44(4)32-48(60)8;2*1-2/h9-38H,1-8H3;2*1-2H3. The largest absolute Gasteiger partial charge is 0.308 e. The van der Waals surface area contributed by atoms with Gasteiger partial charge in [-0.25, -0.2) is 0 Å². The molecule has 0 amide bonds. The fraction of sp³-hybridized carbons (Fsp3) is 0.162. The highest BCUT2D eigenvalue weighted by Gasteiger charge is 2.22. The Morgan fingerprint density at radius 3 is 0.744 bits per heavy atom. The summed E-state index contributed by atoms with van der Waals surface area (Å²) in [7, 11) is 0. The predicted molar refractivity (Wildman–Crippen MR) is 332 cm³/mol. The number of hydrogen-bond acceptors (Lipinski definition) is 2. The fourth-order valence-electron chi connectivity index (χ4n) is 11.8. The van der Waals surface area contributed by atoms with Crippen molar-refractivity contribution in [2.75, 3.05) is 0 Å². The van der Waals surface area contributed by atoms with Gasteiger partial charge in [-0.3, -0.25) is 0 Å². The smallest absolute Gasteiger partial charge is 0.101 e. The molecule has 2 heterocycles. The molecule has 0 aliphatic rings. The van der Waals surface area contributed by atoms with Crippen molar-refractivity contribution in [3.8, 4) is 79.1 Å². The third-order valence-electron chi connectivity index (χ3n) is 15.4. The van der Waals surface area contributed by atoms with Crippen LogP contribution in [0, 0.1) is 78.1 Å². The lowest BCUT2D eigenvalue weighted by Gasteiger charge is -2.15. The SMILES string of the molecule is CC.CC.Cc1ccc(-c2ccc3c(c2)c2cc(-c4ccc(C)cc4C)ccc2n3-c2cc(-c3ccc(C#N)c(-n4c5ccc(-c6ccc(C)cc6C)cc5c5cc(-c6ccc(C)cc6C)ccc54)c3)ccc2C#N)c(C)c1. The summed E-state index contributed by atoms with van der Waals surface area (Å²) in [5.41, 5.74) is 28.0. The van der Waals surface area contributed by atoms with Gasteiger partial charge in [0.15, 0.2) is 0 Å². The lowest BCUT2D eigenvalue weighted by atomic mass is 9.95. The molecule has 4 nitrogen and oxygen atoms in total. The Bertz CT molecular complexity index is 3920. The number of nitriles is 2. The van der Waals surface area contributed by atoms with E-state index in [0.717, 1.165) is 88.4 Å². The summed E-state index contributed by atoms with van der Waals surface area (Å²) in [6.07, 6.45) is 0. The Balaban J connectivity index is 0.00000168. The van der Waals surface area contributed by atoms with E-state index in [-0.39, 0.29) is 0 Å². The van der Waals surface area contributed by atoms with E-state index in [2.05, 4.69) is 234 Å². The molecule has 0 atom stereocenters. The maximum atomic E-state index is 10.9. The first-order valence-corrected chi connectivity index (χ1v) is 27.4. The van der Waals surface area contributed by atoms with Crippen molar-refractivity contribution in [3.63, 3.8) is 0 Å². The molecule has 78 heavy (non-hydrogen) atoms. The molecular weight excluding hydrogens is 945 g/mol. The van der Waals surface area contributed by atoms with E-state index < -0.39 is 0 Å². The minimum Gasteiger partial charge on any atom is -0.308 e. The number of rotatable bonds is 7. The van der Waals surface area contributed by atoms with Crippen LogP contribution in [0.1, 0.15) is 83.3 Å². The molecule has 0 saturated carbocycles. The van der Waals surface area contributed by atoms with Crippen molar-refractivity contribution in [1.29, 1.82) is 10.5 Å². The minimum absolute atomic E-state index is 0.569. The molecule has 0 N–H and O–H groups in total. The van der Waals surface area contributed by atoms with Gasteiger partial charge in [0.2, 0.25) is 0 Å². The zero-order valence-corrected chi connectivity index (χ0v) is 47.1. The average molecular weight is 1010 g/mol. The topological polar surface area (TPSA) is 57.4 Å². The Kier molecular flexibility index (Phi) is 14.3. The molecule has 2 aromatic heterocycles. The van der Waals surface area contributed by atoms with Crippen LogP contribution in [-0.4, -0.2) is 9.13 Å². The zero-order chi connectivity index (χ0) is 55.1. The van der Waals surface area contributed by atoms with E-state index in [1.54, 1.807) is 0 Å². The maximum Gasteiger partial charge on any atom is 0.101 e. The molecule has 0 aliphatic heterocycles. The molecule has 382 valence electrons. The zero-order valence-electron chi connectivity index (χ0n) is 47.1. The molecule has 0 aliphatic carbocycles. The molecule has 0 radical (unpaired) electrons. The Labute approximate surface area is 460 Å². The van der Waals surface area contributed by atoms with Crippen LogP contribution in [-0.2, 0) is 0 Å². The van der Waals surface area contributed by atoms with Crippen molar-refractivity contribution < 1.29 is 0 Å². The highest BCUT2D eigenvalue weighted by atomic mass is 15.0. The lowest BCUT2D eigenvalue weighted by molar-refractivity contribution is 1.16. The van der Waals surface area contributed by atoms with E-state index in [1.165, 1.54) is 66.8 Å². The summed E-state index contributed by atoms with van der Waals surface area (Å²) >= 11 is 0. The number of benzene rings is 10. The van der Waals surface area contributed by atoms with Crippen molar-refractivity contribution in [2.45, 2.75) is 83.1 Å². The normalized spacial score (nSPS) is 11.1. The summed E-state index contributed by atoms with van der Waals surface area (Å²) in [6, 6.07) is 71.0. The van der Waals surface area contributed by atoms with Crippen LogP contribution in [0.25, 0.3) is 111 Å². The van der Waals surface area contributed by atoms with Gasteiger partial charge in [-0.15, -0.1) is 0 Å². The Hall–Kier alpha value is -9.22. The van der Waals surface area contributed by atoms with Crippen LogP contribution in [0.3, 0.4) is 0 Å². The fourth-order valence-corrected chi connectivity index (χ4v) is 11.8. The van der Waals surface area contributed by atoms with Crippen molar-refractivity contribution in [3.05, 3.63) is 238 Å². The molecule has 0 saturated heterocycles. The highest BCUT2D eigenvalue weighted by Crippen LogP contribution is 2.43. The van der Waals surface area contributed by atoms with Crippen LogP contribution < -0.4 is 0 Å². The van der Waals surface area contributed by atoms with Gasteiger partial charge in [0.05, 0.1) is 44.6 Å². The molecule has 12 aromatic rings. The number of nitrogens with zero attached hydrogens (tertiary/aromatic N) is 4. The molecule has 10 aromatic carbocycles. The molecule has 0 fully saturated rings. The summed E-state index contributed by atoms with van der Waals surface area (Å²) < 4.78 is 4.53. The molecule has 0 spiro atoms. The minimum atomic E-state index is 0.569. The average Bonchev–Trinajstić information content (AvgIpc) is 4.15. The van der Waals surface area contributed by atoms with Crippen molar-refractivity contribution in [1.82, 2.24) is 9.13 Å². The summed E-state index contributed by atoms with van der Waals surface area (Å²) in [5, 5.41) is 26.2. The van der Waals surface area contributed by atoms with Gasteiger partial charge in [-0.2, -0.15) is 10.5 Å². The van der Waals surface area contributed by atoms with Crippen molar-refractivity contribution >= 4 is 43.6 Å². The number of hydrogen-bond donors (Lipinski definition) is 0. The van der Waals surface area contributed by atoms with E-state index >= 15 is 0 Å². The van der Waals surface area contributed by atoms with Crippen LogP contribution >= 0.6 is 0 Å². The van der Waals surface area contributed by atoms with Gasteiger partial charge in [-0.1, -0.05) is 159 Å². The highest BCUT2D eigenvalue weighted by molar-refractivity contribution is 6.13. The monoisotopic (exact) mass is 1010 g/mol. The first-order chi connectivity index (χ1) is 37.8. The van der Waals surface area contributed by atoms with Gasteiger partial charge in [0, 0.05) is 21.5 Å². The van der Waals surface area contributed by atoms with E-state index in [9.17, 15) is 10.5 Å². The van der Waals surface area contributed by atoms with Crippen LogP contribution in [0.5, 0.6) is 0 Å².